The van der Waals surface area contributed by atoms with Crippen molar-refractivity contribution in [1.82, 2.24) is 10.2 Å². The lowest BCUT2D eigenvalue weighted by atomic mass is 9.95. The Morgan fingerprint density at radius 1 is 1.08 bits per heavy atom. The van der Waals surface area contributed by atoms with Gasteiger partial charge >= 0.3 is 11.9 Å². The fraction of sp³-hybridized carbons (Fsp3) is 0.314. The average Bonchev–Trinajstić information content (AvgIpc) is 3.52. The molecule has 0 bridgehead atoms. The van der Waals surface area contributed by atoms with Gasteiger partial charge < -0.3 is 28.7 Å². The molecule has 48 heavy (non-hydrogen) atoms. The lowest BCUT2D eigenvalue weighted by Crippen LogP contribution is -2.45. The van der Waals surface area contributed by atoms with Crippen molar-refractivity contribution in [3.8, 4) is 0 Å². The van der Waals surface area contributed by atoms with Crippen LogP contribution >= 0.6 is 23.2 Å². The lowest BCUT2D eigenvalue weighted by Gasteiger charge is -2.30. The number of rotatable bonds is 11. The standard InChI is InChI=1S/C35H34Cl2N2O8S/c1-4-6-30(40)46-20(2)47-35(43)28(16-21-7-5-8-25(15-21)48(3)44)38-33(41)31-27(36)17-24-19-39(13-11-26(24)32(31)37)34(42)23-10-9-22-12-14-45-29(22)18-23/h5,7-10,12,14-15,17-18,20,28H,4,6,11,13,16,19H2,1-3H3,(H,38,41)/t20?,28-,48?/m0/s1. The Labute approximate surface area is 290 Å². The minimum Gasteiger partial charge on any atom is -0.612 e. The summed E-state index contributed by atoms with van der Waals surface area (Å²) >= 11 is 12.2. The molecule has 0 saturated heterocycles. The molecule has 1 N–H and O–H groups in total. The zero-order valence-corrected chi connectivity index (χ0v) is 28.9. The summed E-state index contributed by atoms with van der Waals surface area (Å²) < 4.78 is 28.1. The predicted molar refractivity (Wildman–Crippen MR) is 181 cm³/mol. The largest absolute Gasteiger partial charge is 0.612 e. The molecule has 5 rings (SSSR count). The molecule has 0 saturated carbocycles. The van der Waals surface area contributed by atoms with Gasteiger partial charge in [-0.25, -0.2) is 4.79 Å². The van der Waals surface area contributed by atoms with Crippen LogP contribution in [0.4, 0.5) is 0 Å². The van der Waals surface area contributed by atoms with Crippen LogP contribution in [0.1, 0.15) is 64.1 Å². The second kappa shape index (κ2) is 15.5. The molecule has 1 aliphatic heterocycles. The number of hydrogen-bond acceptors (Lipinski definition) is 8. The van der Waals surface area contributed by atoms with Gasteiger partial charge in [-0.2, -0.15) is 0 Å². The topological polar surface area (TPSA) is 138 Å². The van der Waals surface area contributed by atoms with E-state index in [1.165, 1.54) is 13.2 Å². The second-order valence-electron chi connectivity index (χ2n) is 11.4. The number of nitrogens with one attached hydrogen (secondary N) is 1. The summed E-state index contributed by atoms with van der Waals surface area (Å²) in [6.45, 7) is 3.80. The van der Waals surface area contributed by atoms with E-state index in [1.807, 2.05) is 19.1 Å². The number of ether oxygens (including phenoxy) is 2. The summed E-state index contributed by atoms with van der Waals surface area (Å²) in [7, 11) is 0. The summed E-state index contributed by atoms with van der Waals surface area (Å²) in [5.74, 6) is -2.27. The van der Waals surface area contributed by atoms with Gasteiger partial charge in [0.2, 0.25) is 6.29 Å². The van der Waals surface area contributed by atoms with Crippen LogP contribution in [0.5, 0.6) is 0 Å². The van der Waals surface area contributed by atoms with Crippen LogP contribution in [-0.4, -0.2) is 58.3 Å². The van der Waals surface area contributed by atoms with E-state index in [2.05, 4.69) is 5.32 Å². The number of furan rings is 1. The molecule has 0 radical (unpaired) electrons. The highest BCUT2D eigenvalue weighted by Crippen LogP contribution is 2.35. The van der Waals surface area contributed by atoms with E-state index in [0.29, 0.717) is 52.1 Å². The SMILES string of the molecule is CCCC(=O)OC(C)OC(=O)[C@H](Cc1cccc([S+](C)[O-])c1)NC(=O)c1c(Cl)cc2c(c1Cl)CCN(C(=O)c1ccc3ccoc3c1)C2. The van der Waals surface area contributed by atoms with Crippen LogP contribution < -0.4 is 5.32 Å². The Balaban J connectivity index is 1.36. The fourth-order valence-electron chi connectivity index (χ4n) is 5.53. The van der Waals surface area contributed by atoms with Gasteiger partial charge in [0.1, 0.15) is 17.9 Å². The minimum absolute atomic E-state index is 0.0215. The number of esters is 2. The maximum Gasteiger partial charge on any atom is 0.332 e. The van der Waals surface area contributed by atoms with E-state index < -0.39 is 41.4 Å². The molecule has 0 spiro atoms. The zero-order chi connectivity index (χ0) is 34.5. The van der Waals surface area contributed by atoms with Gasteiger partial charge in [-0.15, -0.1) is 0 Å². The number of carbonyl (C=O) groups is 4. The van der Waals surface area contributed by atoms with E-state index in [4.69, 9.17) is 37.1 Å². The van der Waals surface area contributed by atoms with Gasteiger partial charge in [0, 0.05) is 43.8 Å². The first-order valence-corrected chi connectivity index (χ1v) is 17.7. The first-order chi connectivity index (χ1) is 22.9. The summed E-state index contributed by atoms with van der Waals surface area (Å²) in [5, 5.41) is 3.75. The first-order valence-electron chi connectivity index (χ1n) is 15.3. The van der Waals surface area contributed by atoms with Crippen LogP contribution in [-0.2, 0) is 49.6 Å². The molecular formula is C35H34Cl2N2O8S. The third-order valence-corrected chi connectivity index (χ3v) is 9.55. The lowest BCUT2D eigenvalue weighted by molar-refractivity contribution is -0.185. The molecule has 252 valence electrons. The highest BCUT2D eigenvalue weighted by atomic mass is 35.5. The molecule has 1 aliphatic rings. The van der Waals surface area contributed by atoms with Gasteiger partial charge in [-0.05, 0) is 77.1 Å². The summed E-state index contributed by atoms with van der Waals surface area (Å²) in [6.07, 6.45) is 2.97. The molecule has 3 atom stereocenters. The maximum atomic E-state index is 13.7. The highest BCUT2D eigenvalue weighted by Gasteiger charge is 2.31. The Hall–Kier alpha value is -4.03. The highest BCUT2D eigenvalue weighted by molar-refractivity contribution is 7.90. The first kappa shape index (κ1) is 35.3. The molecule has 10 nitrogen and oxygen atoms in total. The third kappa shape index (κ3) is 8.15. The van der Waals surface area contributed by atoms with Crippen molar-refractivity contribution in [3.63, 3.8) is 0 Å². The molecule has 2 unspecified atom stereocenters. The van der Waals surface area contributed by atoms with Gasteiger partial charge in [0.25, 0.3) is 11.8 Å². The van der Waals surface area contributed by atoms with Gasteiger partial charge in [0.05, 0.1) is 21.9 Å². The van der Waals surface area contributed by atoms with Gasteiger partial charge in [0.15, 0.2) is 4.90 Å². The Bertz CT molecular complexity index is 1860. The van der Waals surface area contributed by atoms with Gasteiger partial charge in [-0.1, -0.05) is 48.3 Å². The van der Waals surface area contributed by atoms with Crippen molar-refractivity contribution in [1.29, 1.82) is 0 Å². The van der Waals surface area contributed by atoms with Crippen molar-refractivity contribution in [2.75, 3.05) is 12.8 Å². The number of carbonyl (C=O) groups excluding carboxylic acids is 4. The number of benzene rings is 3. The smallest absolute Gasteiger partial charge is 0.332 e. The molecule has 0 fully saturated rings. The van der Waals surface area contributed by atoms with E-state index in [-0.39, 0.29) is 40.9 Å². The summed E-state index contributed by atoms with van der Waals surface area (Å²) in [5.41, 5.74) is 3.05. The molecule has 1 aromatic heterocycles. The van der Waals surface area contributed by atoms with E-state index in [1.54, 1.807) is 53.6 Å². The predicted octanol–water partition coefficient (Wildman–Crippen LogP) is 6.25. The van der Waals surface area contributed by atoms with Crippen LogP contribution in [0.2, 0.25) is 10.0 Å². The molecule has 2 amide bonds. The number of amides is 2. The zero-order valence-electron chi connectivity index (χ0n) is 26.5. The molecule has 0 aliphatic carbocycles. The monoisotopic (exact) mass is 712 g/mol. The second-order valence-corrected chi connectivity index (χ2v) is 13.6. The molecule has 2 heterocycles. The van der Waals surface area contributed by atoms with E-state index >= 15 is 0 Å². The van der Waals surface area contributed by atoms with Crippen LogP contribution in [0.3, 0.4) is 0 Å². The molecule has 3 aromatic carbocycles. The number of hydrogen-bond donors (Lipinski definition) is 1. The van der Waals surface area contributed by atoms with Crippen molar-refractivity contribution in [3.05, 3.63) is 98.7 Å². The number of halogens is 2. The van der Waals surface area contributed by atoms with Crippen LogP contribution in [0, 0.1) is 0 Å². The maximum absolute atomic E-state index is 13.7. The third-order valence-electron chi connectivity index (χ3n) is 7.92. The van der Waals surface area contributed by atoms with Crippen molar-refractivity contribution >= 4 is 69.1 Å². The van der Waals surface area contributed by atoms with Crippen molar-refractivity contribution in [2.24, 2.45) is 0 Å². The Morgan fingerprint density at radius 3 is 2.62 bits per heavy atom. The van der Waals surface area contributed by atoms with E-state index in [9.17, 15) is 23.7 Å². The van der Waals surface area contributed by atoms with Crippen molar-refractivity contribution < 1.29 is 37.6 Å². The number of nitrogens with zero attached hydrogens (tertiary/aromatic N) is 1. The summed E-state index contributed by atoms with van der Waals surface area (Å²) in [4.78, 5) is 54.6. The normalized spacial score (nSPS) is 14.5. The minimum atomic E-state index is -1.28. The summed E-state index contributed by atoms with van der Waals surface area (Å²) in [6, 6.07) is 14.3. The average molecular weight is 714 g/mol. The molecule has 4 aromatic rings. The Kier molecular flexibility index (Phi) is 11.4. The molecule has 13 heteroatoms. The molecular weight excluding hydrogens is 679 g/mol. The van der Waals surface area contributed by atoms with E-state index in [0.717, 1.165) is 5.39 Å². The number of fused-ring (bicyclic) bond motifs is 2. The Morgan fingerprint density at radius 2 is 1.88 bits per heavy atom. The van der Waals surface area contributed by atoms with Crippen LogP contribution in [0.15, 0.2) is 70.2 Å². The van der Waals surface area contributed by atoms with Crippen molar-refractivity contribution in [2.45, 2.75) is 63.3 Å². The quantitative estimate of drug-likeness (QED) is 0.109. The fourth-order valence-corrected chi connectivity index (χ4v) is 6.88. The van der Waals surface area contributed by atoms with Gasteiger partial charge in [-0.3, -0.25) is 14.4 Å². The van der Waals surface area contributed by atoms with Crippen LogP contribution in [0.25, 0.3) is 11.0 Å².